The van der Waals surface area contributed by atoms with E-state index in [0.717, 1.165) is 11.8 Å². The van der Waals surface area contributed by atoms with Crippen molar-refractivity contribution in [3.63, 3.8) is 0 Å². The minimum Gasteiger partial charge on any atom is -0.395 e. The van der Waals surface area contributed by atoms with E-state index >= 15 is 0 Å². The Morgan fingerprint density at radius 2 is 2.05 bits per heavy atom. The first-order chi connectivity index (χ1) is 10.1. The predicted molar refractivity (Wildman–Crippen MR) is 77.7 cm³/mol. The van der Waals surface area contributed by atoms with Crippen molar-refractivity contribution in [2.45, 2.75) is 6.54 Å². The first kappa shape index (κ1) is 14.7. The van der Waals surface area contributed by atoms with Gasteiger partial charge in [0, 0.05) is 13.1 Å². The lowest BCUT2D eigenvalue weighted by Crippen LogP contribution is -2.28. The third-order valence-corrected chi connectivity index (χ3v) is 2.85. The number of aliphatic hydroxyl groups excluding tert-OH is 1. The van der Waals surface area contributed by atoms with Crippen molar-refractivity contribution < 1.29 is 10.0 Å². The molecular weight excluding hydrogens is 274 g/mol. The van der Waals surface area contributed by atoms with Crippen molar-refractivity contribution in [3.05, 3.63) is 52.2 Å². The number of nitrogens with two attached hydrogens (primary N) is 1. The standard InChI is InChI=1S/C13H15N5O3/c14-12-11(18(20)21)8-15-13(16-12)17(6-7-19)9-10-4-2-1-3-5-10/h1-5,8,19H,6-7,9H2,(H2,14,15,16). The highest BCUT2D eigenvalue weighted by atomic mass is 16.6. The van der Waals surface area contributed by atoms with Gasteiger partial charge in [0.1, 0.15) is 6.20 Å². The fraction of sp³-hybridized carbons (Fsp3) is 0.231. The van der Waals surface area contributed by atoms with Gasteiger partial charge in [-0.25, -0.2) is 4.98 Å². The molecule has 2 aromatic rings. The normalized spacial score (nSPS) is 10.3. The summed E-state index contributed by atoms with van der Waals surface area (Å²) in [5.41, 5.74) is 6.24. The van der Waals surface area contributed by atoms with E-state index in [2.05, 4.69) is 9.97 Å². The van der Waals surface area contributed by atoms with Gasteiger partial charge in [0.2, 0.25) is 11.8 Å². The van der Waals surface area contributed by atoms with Gasteiger partial charge in [0.15, 0.2) is 0 Å². The molecule has 0 aliphatic heterocycles. The van der Waals surface area contributed by atoms with E-state index in [0.29, 0.717) is 13.1 Å². The number of nitrogen functional groups attached to an aromatic ring is 1. The number of hydrogen-bond donors (Lipinski definition) is 2. The largest absolute Gasteiger partial charge is 0.395 e. The van der Waals surface area contributed by atoms with E-state index in [9.17, 15) is 10.1 Å². The number of aromatic nitrogens is 2. The zero-order valence-corrected chi connectivity index (χ0v) is 11.2. The van der Waals surface area contributed by atoms with Crippen LogP contribution in [-0.4, -0.2) is 33.1 Å². The second-order valence-corrected chi connectivity index (χ2v) is 4.33. The second-order valence-electron chi connectivity index (χ2n) is 4.33. The number of nitro groups is 1. The van der Waals surface area contributed by atoms with Crippen molar-refractivity contribution >= 4 is 17.5 Å². The van der Waals surface area contributed by atoms with Gasteiger partial charge >= 0.3 is 5.69 Å². The fourth-order valence-electron chi connectivity index (χ4n) is 1.85. The molecule has 0 aliphatic rings. The highest BCUT2D eigenvalue weighted by Gasteiger charge is 2.17. The number of hydrogen-bond acceptors (Lipinski definition) is 7. The molecule has 1 aromatic carbocycles. The monoisotopic (exact) mass is 289 g/mol. The van der Waals surface area contributed by atoms with Crippen LogP contribution in [0.25, 0.3) is 0 Å². The molecule has 0 radical (unpaired) electrons. The Hall–Kier alpha value is -2.74. The molecule has 0 fully saturated rings. The Morgan fingerprint density at radius 1 is 1.33 bits per heavy atom. The van der Waals surface area contributed by atoms with Gasteiger partial charge in [-0.2, -0.15) is 4.98 Å². The average molecular weight is 289 g/mol. The molecule has 0 unspecified atom stereocenters. The number of aliphatic hydroxyl groups is 1. The van der Waals surface area contributed by atoms with Crippen LogP contribution in [-0.2, 0) is 6.54 Å². The molecule has 1 aromatic heterocycles. The van der Waals surface area contributed by atoms with Crippen LogP contribution in [0.4, 0.5) is 17.5 Å². The maximum absolute atomic E-state index is 10.7. The van der Waals surface area contributed by atoms with E-state index in [1.54, 1.807) is 4.90 Å². The molecule has 8 nitrogen and oxygen atoms in total. The SMILES string of the molecule is Nc1nc(N(CCO)Cc2ccccc2)ncc1[N+](=O)[O-]. The predicted octanol–water partition coefficient (Wildman–Crippen LogP) is 0.966. The van der Waals surface area contributed by atoms with Gasteiger partial charge in [0.05, 0.1) is 11.5 Å². The molecule has 0 spiro atoms. The minimum absolute atomic E-state index is 0.0902. The quantitative estimate of drug-likeness (QED) is 0.600. The van der Waals surface area contributed by atoms with E-state index in [-0.39, 0.29) is 24.1 Å². The van der Waals surface area contributed by atoms with Crippen LogP contribution in [0.1, 0.15) is 5.56 Å². The number of nitrogens with zero attached hydrogens (tertiary/aromatic N) is 4. The zero-order chi connectivity index (χ0) is 15.2. The molecule has 8 heteroatoms. The molecule has 0 saturated heterocycles. The number of anilines is 2. The molecule has 110 valence electrons. The lowest BCUT2D eigenvalue weighted by atomic mass is 10.2. The summed E-state index contributed by atoms with van der Waals surface area (Å²) in [7, 11) is 0. The minimum atomic E-state index is -0.632. The first-order valence-corrected chi connectivity index (χ1v) is 6.28. The summed E-state index contributed by atoms with van der Waals surface area (Å²) in [5.74, 6) is 0.0528. The second kappa shape index (κ2) is 6.62. The summed E-state index contributed by atoms with van der Waals surface area (Å²) in [6.07, 6.45) is 1.08. The summed E-state index contributed by atoms with van der Waals surface area (Å²) in [5, 5.41) is 19.9. The number of rotatable bonds is 6. The van der Waals surface area contributed by atoms with Crippen LogP contribution in [0.2, 0.25) is 0 Å². The van der Waals surface area contributed by atoms with Gasteiger partial charge in [-0.1, -0.05) is 30.3 Å². The highest BCUT2D eigenvalue weighted by Crippen LogP contribution is 2.21. The van der Waals surface area contributed by atoms with Crippen LogP contribution in [0.15, 0.2) is 36.5 Å². The third-order valence-electron chi connectivity index (χ3n) is 2.85. The summed E-state index contributed by atoms with van der Waals surface area (Å²) < 4.78 is 0. The summed E-state index contributed by atoms with van der Waals surface area (Å²) >= 11 is 0. The maximum atomic E-state index is 10.7. The molecule has 0 saturated carbocycles. The fourth-order valence-corrected chi connectivity index (χ4v) is 1.85. The molecule has 3 N–H and O–H groups in total. The van der Waals surface area contributed by atoms with Crippen LogP contribution < -0.4 is 10.6 Å². The lowest BCUT2D eigenvalue weighted by Gasteiger charge is -2.21. The molecule has 0 bridgehead atoms. The molecule has 2 rings (SSSR count). The van der Waals surface area contributed by atoms with Gasteiger partial charge in [0.25, 0.3) is 0 Å². The van der Waals surface area contributed by atoms with E-state index in [1.165, 1.54) is 0 Å². The van der Waals surface area contributed by atoms with Crippen molar-refractivity contribution in [1.82, 2.24) is 9.97 Å². The zero-order valence-electron chi connectivity index (χ0n) is 11.2. The highest BCUT2D eigenvalue weighted by molar-refractivity contribution is 5.53. The Bertz CT molecular complexity index is 620. The van der Waals surface area contributed by atoms with Gasteiger partial charge in [-0.05, 0) is 5.56 Å². The van der Waals surface area contributed by atoms with E-state index in [4.69, 9.17) is 10.8 Å². The van der Waals surface area contributed by atoms with Crippen molar-refractivity contribution in [2.24, 2.45) is 0 Å². The first-order valence-electron chi connectivity index (χ1n) is 6.28. The maximum Gasteiger partial charge on any atom is 0.329 e. The van der Waals surface area contributed by atoms with Gasteiger partial charge < -0.3 is 15.7 Å². The Morgan fingerprint density at radius 3 is 2.62 bits per heavy atom. The molecule has 0 atom stereocenters. The van der Waals surface area contributed by atoms with Crippen LogP contribution in [0.5, 0.6) is 0 Å². The van der Waals surface area contributed by atoms with E-state index < -0.39 is 4.92 Å². The van der Waals surface area contributed by atoms with Gasteiger partial charge in [-0.3, -0.25) is 10.1 Å². The lowest BCUT2D eigenvalue weighted by molar-refractivity contribution is -0.384. The summed E-state index contributed by atoms with van der Waals surface area (Å²) in [6.45, 7) is 0.678. The molecular formula is C13H15N5O3. The Kier molecular flexibility index (Phi) is 4.62. The van der Waals surface area contributed by atoms with Crippen molar-refractivity contribution in [3.8, 4) is 0 Å². The Balaban J connectivity index is 2.26. The number of benzene rings is 1. The molecule has 0 amide bonds. The van der Waals surface area contributed by atoms with Crippen LogP contribution in [0.3, 0.4) is 0 Å². The smallest absolute Gasteiger partial charge is 0.329 e. The topological polar surface area (TPSA) is 118 Å². The molecule has 0 aliphatic carbocycles. The van der Waals surface area contributed by atoms with Crippen LogP contribution >= 0.6 is 0 Å². The van der Waals surface area contributed by atoms with Crippen LogP contribution in [0, 0.1) is 10.1 Å². The third kappa shape index (κ3) is 3.63. The van der Waals surface area contributed by atoms with Gasteiger partial charge in [-0.15, -0.1) is 0 Å². The molecule has 21 heavy (non-hydrogen) atoms. The average Bonchev–Trinajstić information content (AvgIpc) is 2.47. The van der Waals surface area contributed by atoms with Crippen molar-refractivity contribution in [1.29, 1.82) is 0 Å². The van der Waals surface area contributed by atoms with Crippen molar-refractivity contribution in [2.75, 3.05) is 23.8 Å². The summed E-state index contributed by atoms with van der Waals surface area (Å²) in [6, 6.07) is 9.56. The summed E-state index contributed by atoms with van der Waals surface area (Å²) in [4.78, 5) is 19.7. The Labute approximate surface area is 121 Å². The molecule has 1 heterocycles. The van der Waals surface area contributed by atoms with E-state index in [1.807, 2.05) is 30.3 Å².